The molecule has 0 aliphatic carbocycles. The molecule has 0 aromatic heterocycles. The summed E-state index contributed by atoms with van der Waals surface area (Å²) in [5, 5.41) is 5.50. The van der Waals surface area contributed by atoms with Gasteiger partial charge in [0.05, 0.1) is 12.0 Å². The fourth-order valence-electron chi connectivity index (χ4n) is 2.94. The molecule has 0 heterocycles. The van der Waals surface area contributed by atoms with Gasteiger partial charge in [0.1, 0.15) is 5.75 Å². The van der Waals surface area contributed by atoms with E-state index in [0.29, 0.717) is 11.4 Å². The standard InChI is InChI=1S/C25H25N3O4S2/c1-17-4-8-21(16-18(17)2)28-34(30,31)23-13-9-20(10-14-23)26-25(33)27-24(29)15-7-19-5-11-22(32-3)12-6-19/h4-16,28H,1-3H3,(H2,26,27,29,33). The number of ether oxygens (including phenoxy) is 1. The molecular weight excluding hydrogens is 470 g/mol. The van der Waals surface area contributed by atoms with Crippen molar-refractivity contribution in [2.24, 2.45) is 0 Å². The number of rotatable bonds is 7. The lowest BCUT2D eigenvalue weighted by atomic mass is 10.1. The van der Waals surface area contributed by atoms with Gasteiger partial charge in [-0.05, 0) is 97.4 Å². The van der Waals surface area contributed by atoms with Crippen LogP contribution in [0.4, 0.5) is 11.4 Å². The number of hydrogen-bond acceptors (Lipinski definition) is 5. The number of nitrogens with one attached hydrogen (secondary N) is 3. The predicted molar refractivity (Wildman–Crippen MR) is 140 cm³/mol. The lowest BCUT2D eigenvalue weighted by molar-refractivity contribution is -0.115. The SMILES string of the molecule is COc1ccc(C=CC(=O)NC(=S)Nc2ccc(S(=O)(=O)Nc3ccc(C)c(C)c3)cc2)cc1. The molecule has 7 nitrogen and oxygen atoms in total. The first-order chi connectivity index (χ1) is 16.2. The molecule has 0 aliphatic heterocycles. The number of aryl methyl sites for hydroxylation is 2. The molecule has 0 bridgehead atoms. The van der Waals surface area contributed by atoms with Crippen LogP contribution in [0, 0.1) is 13.8 Å². The van der Waals surface area contributed by atoms with E-state index < -0.39 is 15.9 Å². The van der Waals surface area contributed by atoms with Crippen LogP contribution in [-0.4, -0.2) is 26.5 Å². The summed E-state index contributed by atoms with van der Waals surface area (Å²) in [7, 11) is -2.16. The third-order valence-corrected chi connectivity index (χ3v) is 6.56. The molecule has 34 heavy (non-hydrogen) atoms. The molecule has 3 N–H and O–H groups in total. The maximum absolute atomic E-state index is 12.7. The van der Waals surface area contributed by atoms with Gasteiger partial charge in [-0.15, -0.1) is 0 Å². The summed E-state index contributed by atoms with van der Waals surface area (Å²) in [5.74, 6) is 0.330. The van der Waals surface area contributed by atoms with Crippen molar-refractivity contribution >= 4 is 50.7 Å². The maximum Gasteiger partial charge on any atom is 0.261 e. The van der Waals surface area contributed by atoms with Crippen LogP contribution >= 0.6 is 12.2 Å². The number of hydrogen-bond donors (Lipinski definition) is 3. The Morgan fingerprint density at radius 2 is 1.56 bits per heavy atom. The normalized spacial score (nSPS) is 11.1. The molecule has 0 spiro atoms. The first-order valence-electron chi connectivity index (χ1n) is 10.3. The van der Waals surface area contributed by atoms with E-state index in [0.717, 1.165) is 22.4 Å². The molecule has 0 unspecified atom stereocenters. The van der Waals surface area contributed by atoms with Crippen molar-refractivity contribution in [2.45, 2.75) is 18.7 Å². The molecule has 0 fully saturated rings. The highest BCUT2D eigenvalue weighted by Crippen LogP contribution is 2.20. The van der Waals surface area contributed by atoms with Crippen LogP contribution in [0.2, 0.25) is 0 Å². The Hall–Kier alpha value is -3.69. The van der Waals surface area contributed by atoms with Gasteiger partial charge in [0, 0.05) is 17.5 Å². The summed E-state index contributed by atoms with van der Waals surface area (Å²) in [6.07, 6.45) is 3.02. The molecule has 0 atom stereocenters. The van der Waals surface area contributed by atoms with E-state index >= 15 is 0 Å². The van der Waals surface area contributed by atoms with Gasteiger partial charge in [0.15, 0.2) is 5.11 Å². The van der Waals surface area contributed by atoms with Gasteiger partial charge < -0.3 is 10.1 Å². The van der Waals surface area contributed by atoms with Crippen molar-refractivity contribution < 1.29 is 17.9 Å². The predicted octanol–water partition coefficient (Wildman–Crippen LogP) is 4.64. The topological polar surface area (TPSA) is 96.5 Å². The van der Waals surface area contributed by atoms with Crippen molar-refractivity contribution in [1.29, 1.82) is 0 Å². The van der Waals surface area contributed by atoms with Gasteiger partial charge in [-0.3, -0.25) is 14.8 Å². The second-order valence-electron chi connectivity index (χ2n) is 7.48. The van der Waals surface area contributed by atoms with Crippen molar-refractivity contribution in [1.82, 2.24) is 5.32 Å². The highest BCUT2D eigenvalue weighted by molar-refractivity contribution is 7.92. The molecule has 0 saturated heterocycles. The van der Waals surface area contributed by atoms with Crippen LogP contribution in [0.15, 0.2) is 77.7 Å². The van der Waals surface area contributed by atoms with Crippen LogP contribution in [0.25, 0.3) is 6.08 Å². The van der Waals surface area contributed by atoms with Crippen LogP contribution < -0.4 is 20.1 Å². The summed E-state index contributed by atoms with van der Waals surface area (Å²) >= 11 is 5.17. The maximum atomic E-state index is 12.7. The van der Waals surface area contributed by atoms with Crippen molar-refractivity contribution in [2.75, 3.05) is 17.1 Å². The van der Waals surface area contributed by atoms with E-state index in [9.17, 15) is 13.2 Å². The molecular formula is C25H25N3O4S2. The largest absolute Gasteiger partial charge is 0.497 e. The Kier molecular flexibility index (Phi) is 8.04. The minimum absolute atomic E-state index is 0.0910. The summed E-state index contributed by atoms with van der Waals surface area (Å²) in [6, 6.07) is 18.7. The zero-order chi connectivity index (χ0) is 24.7. The summed E-state index contributed by atoms with van der Waals surface area (Å²) in [4.78, 5) is 12.2. The number of thiocarbonyl (C=S) groups is 1. The number of carbonyl (C=O) groups excluding carboxylic acids is 1. The molecule has 9 heteroatoms. The van der Waals surface area contributed by atoms with Crippen LogP contribution in [-0.2, 0) is 14.8 Å². The van der Waals surface area contributed by atoms with Gasteiger partial charge in [-0.1, -0.05) is 18.2 Å². The minimum Gasteiger partial charge on any atom is -0.497 e. The molecule has 0 aliphatic rings. The first-order valence-corrected chi connectivity index (χ1v) is 12.2. The molecule has 0 saturated carbocycles. The minimum atomic E-state index is -3.74. The lowest BCUT2D eigenvalue weighted by Crippen LogP contribution is -2.32. The number of amides is 1. The fourth-order valence-corrected chi connectivity index (χ4v) is 4.21. The molecule has 3 aromatic carbocycles. The zero-order valence-electron chi connectivity index (χ0n) is 19.0. The lowest BCUT2D eigenvalue weighted by Gasteiger charge is -2.11. The van der Waals surface area contributed by atoms with E-state index in [1.807, 2.05) is 32.0 Å². The third kappa shape index (κ3) is 6.90. The number of sulfonamides is 1. The second kappa shape index (κ2) is 11.0. The van der Waals surface area contributed by atoms with Crippen molar-refractivity contribution in [3.8, 4) is 5.75 Å². The number of carbonyl (C=O) groups is 1. The molecule has 3 aromatic rings. The van der Waals surface area contributed by atoms with Gasteiger partial charge in [0.2, 0.25) is 5.91 Å². The van der Waals surface area contributed by atoms with Crippen molar-refractivity contribution in [3.05, 3.63) is 89.5 Å². The quantitative estimate of drug-likeness (QED) is 0.326. The van der Waals surface area contributed by atoms with Gasteiger partial charge in [-0.25, -0.2) is 8.42 Å². The van der Waals surface area contributed by atoms with Crippen LogP contribution in [0.1, 0.15) is 16.7 Å². The van der Waals surface area contributed by atoms with E-state index in [4.69, 9.17) is 17.0 Å². The van der Waals surface area contributed by atoms with Gasteiger partial charge in [0.25, 0.3) is 10.0 Å². The summed E-state index contributed by atoms with van der Waals surface area (Å²) in [5.41, 5.74) is 3.94. The molecule has 3 rings (SSSR count). The van der Waals surface area contributed by atoms with E-state index in [1.165, 1.54) is 18.2 Å². The summed E-state index contributed by atoms with van der Waals surface area (Å²) < 4.78 is 33.0. The van der Waals surface area contributed by atoms with Gasteiger partial charge in [-0.2, -0.15) is 0 Å². The highest BCUT2D eigenvalue weighted by atomic mass is 32.2. The average molecular weight is 496 g/mol. The van der Waals surface area contributed by atoms with E-state index in [-0.39, 0.29) is 10.0 Å². The first kappa shape index (κ1) is 24.9. The van der Waals surface area contributed by atoms with E-state index in [2.05, 4.69) is 15.4 Å². The molecule has 176 valence electrons. The van der Waals surface area contributed by atoms with Crippen LogP contribution in [0.5, 0.6) is 5.75 Å². The second-order valence-corrected chi connectivity index (χ2v) is 9.57. The average Bonchev–Trinajstić information content (AvgIpc) is 2.80. The third-order valence-electron chi connectivity index (χ3n) is 4.96. The monoisotopic (exact) mass is 495 g/mol. The molecule has 1 amide bonds. The number of methoxy groups -OCH3 is 1. The number of benzene rings is 3. The Morgan fingerprint density at radius 1 is 0.912 bits per heavy atom. The molecule has 0 radical (unpaired) electrons. The summed E-state index contributed by atoms with van der Waals surface area (Å²) in [6.45, 7) is 3.88. The Balaban J connectivity index is 1.56. The van der Waals surface area contributed by atoms with Crippen LogP contribution in [0.3, 0.4) is 0 Å². The highest BCUT2D eigenvalue weighted by Gasteiger charge is 2.14. The Bertz CT molecular complexity index is 1320. The Morgan fingerprint density at radius 3 is 2.18 bits per heavy atom. The van der Waals surface area contributed by atoms with Gasteiger partial charge >= 0.3 is 0 Å². The van der Waals surface area contributed by atoms with Crippen molar-refractivity contribution in [3.63, 3.8) is 0 Å². The number of anilines is 2. The zero-order valence-corrected chi connectivity index (χ0v) is 20.6. The smallest absolute Gasteiger partial charge is 0.261 e. The Labute approximate surface area is 204 Å². The van der Waals surface area contributed by atoms with E-state index in [1.54, 1.807) is 49.6 Å². The fraction of sp³-hybridized carbons (Fsp3) is 0.120.